The van der Waals surface area contributed by atoms with Gasteiger partial charge < -0.3 is 10.6 Å². The highest BCUT2D eigenvalue weighted by atomic mass is 32.1. The van der Waals surface area contributed by atoms with Crippen LogP contribution in [0.2, 0.25) is 0 Å². The topological polar surface area (TPSA) is 24.1 Å². The number of hydrogen-bond donors (Lipinski definition) is 2. The molecule has 0 bridgehead atoms. The fraction of sp³-hybridized carbons (Fsp3) is 0.500. The molecule has 0 spiro atoms. The van der Waals surface area contributed by atoms with Gasteiger partial charge in [0.1, 0.15) is 0 Å². The van der Waals surface area contributed by atoms with E-state index in [4.69, 9.17) is 12.2 Å². The summed E-state index contributed by atoms with van der Waals surface area (Å²) in [5.41, 5.74) is 1.42. The molecule has 0 aliphatic heterocycles. The minimum Gasteiger partial charge on any atom is -0.363 e. The Morgan fingerprint density at radius 3 is 2.86 bits per heavy atom. The first-order chi connectivity index (χ1) is 6.77. The lowest BCUT2D eigenvalue weighted by atomic mass is 10.2. The molecular formula is C10H16N2S2. The number of nitrogens with one attached hydrogen (secondary N) is 2. The zero-order valence-electron chi connectivity index (χ0n) is 8.59. The van der Waals surface area contributed by atoms with E-state index in [1.54, 1.807) is 11.3 Å². The molecule has 1 aromatic rings. The maximum atomic E-state index is 5.09. The van der Waals surface area contributed by atoms with Crippen molar-refractivity contribution in [2.45, 2.75) is 26.8 Å². The lowest BCUT2D eigenvalue weighted by molar-refractivity contribution is 0.856. The molecule has 14 heavy (non-hydrogen) atoms. The summed E-state index contributed by atoms with van der Waals surface area (Å²) in [6.45, 7) is 5.92. The monoisotopic (exact) mass is 228 g/mol. The minimum atomic E-state index is 0.739. The van der Waals surface area contributed by atoms with Gasteiger partial charge in [0.25, 0.3) is 0 Å². The van der Waals surface area contributed by atoms with E-state index in [9.17, 15) is 0 Å². The van der Waals surface area contributed by atoms with Crippen LogP contribution in [0.3, 0.4) is 0 Å². The summed E-state index contributed by atoms with van der Waals surface area (Å²) in [7, 11) is 0. The zero-order valence-corrected chi connectivity index (χ0v) is 10.2. The third-order valence-corrected chi connectivity index (χ3v) is 3.22. The van der Waals surface area contributed by atoms with Gasteiger partial charge in [-0.1, -0.05) is 6.92 Å². The summed E-state index contributed by atoms with van der Waals surface area (Å²) in [6, 6.07) is 2.18. The van der Waals surface area contributed by atoms with E-state index in [1.165, 1.54) is 10.4 Å². The molecular weight excluding hydrogens is 212 g/mol. The Morgan fingerprint density at radius 2 is 2.21 bits per heavy atom. The van der Waals surface area contributed by atoms with E-state index in [2.05, 4.69) is 29.0 Å². The zero-order chi connectivity index (χ0) is 10.4. The van der Waals surface area contributed by atoms with Gasteiger partial charge in [0.05, 0.1) is 6.54 Å². The van der Waals surface area contributed by atoms with Gasteiger partial charge in [-0.15, -0.1) is 11.3 Å². The molecule has 4 heteroatoms. The fourth-order valence-corrected chi connectivity index (χ4v) is 2.35. The van der Waals surface area contributed by atoms with Crippen LogP contribution in [0.5, 0.6) is 0 Å². The van der Waals surface area contributed by atoms with E-state index in [0.29, 0.717) is 0 Å². The Kier molecular flexibility index (Phi) is 4.90. The largest absolute Gasteiger partial charge is 0.363 e. The molecule has 0 unspecified atom stereocenters. The third-order valence-electron chi connectivity index (χ3n) is 1.97. The Morgan fingerprint density at radius 1 is 1.43 bits per heavy atom. The van der Waals surface area contributed by atoms with E-state index in [0.717, 1.165) is 24.6 Å². The molecule has 0 aliphatic rings. The van der Waals surface area contributed by atoms with E-state index in [1.807, 2.05) is 6.92 Å². The van der Waals surface area contributed by atoms with Crippen molar-refractivity contribution in [3.8, 4) is 0 Å². The molecule has 0 radical (unpaired) electrons. The van der Waals surface area contributed by atoms with Gasteiger partial charge in [-0.3, -0.25) is 0 Å². The van der Waals surface area contributed by atoms with Gasteiger partial charge in [0.15, 0.2) is 5.11 Å². The van der Waals surface area contributed by atoms with Crippen LogP contribution in [0.4, 0.5) is 0 Å². The molecule has 0 saturated carbocycles. The second-order valence-electron chi connectivity index (χ2n) is 2.94. The lowest BCUT2D eigenvalue weighted by Gasteiger charge is -2.08. The predicted molar refractivity (Wildman–Crippen MR) is 66.8 cm³/mol. The highest BCUT2D eigenvalue weighted by Gasteiger charge is 2.02. The van der Waals surface area contributed by atoms with Crippen LogP contribution >= 0.6 is 23.6 Å². The Balaban J connectivity index is 2.41. The van der Waals surface area contributed by atoms with Crippen LogP contribution in [0.25, 0.3) is 0 Å². The van der Waals surface area contributed by atoms with Crippen LogP contribution in [0.15, 0.2) is 11.4 Å². The smallest absolute Gasteiger partial charge is 0.166 e. The molecule has 1 aromatic heterocycles. The number of rotatable bonds is 4. The van der Waals surface area contributed by atoms with Crippen LogP contribution in [0.1, 0.15) is 24.3 Å². The van der Waals surface area contributed by atoms with E-state index >= 15 is 0 Å². The standard InChI is InChI=1S/C10H16N2S2/c1-3-8-5-6-14-9(8)7-12-10(13)11-4-2/h5-6H,3-4,7H2,1-2H3,(H2,11,12,13). The summed E-state index contributed by atoms with van der Waals surface area (Å²) in [5, 5.41) is 9.13. The molecule has 1 rings (SSSR count). The molecule has 0 atom stereocenters. The number of thiophene rings is 1. The number of aryl methyl sites for hydroxylation is 1. The molecule has 0 aliphatic carbocycles. The van der Waals surface area contributed by atoms with Gasteiger partial charge in [-0.05, 0) is 42.6 Å². The first-order valence-corrected chi connectivity index (χ1v) is 6.13. The van der Waals surface area contributed by atoms with Crippen LogP contribution in [-0.2, 0) is 13.0 Å². The average molecular weight is 228 g/mol. The highest BCUT2D eigenvalue weighted by molar-refractivity contribution is 7.80. The molecule has 0 aromatic carbocycles. The fourth-order valence-electron chi connectivity index (χ4n) is 1.22. The summed E-state index contributed by atoms with van der Waals surface area (Å²) < 4.78 is 0. The lowest BCUT2D eigenvalue weighted by Crippen LogP contribution is -2.34. The quantitative estimate of drug-likeness (QED) is 0.773. The molecule has 0 fully saturated rings. The summed E-state index contributed by atoms with van der Waals surface area (Å²) in [5.74, 6) is 0. The predicted octanol–water partition coefficient (Wildman–Crippen LogP) is 2.29. The second-order valence-corrected chi connectivity index (χ2v) is 4.34. The number of thiocarbonyl (C=S) groups is 1. The first kappa shape index (κ1) is 11.5. The van der Waals surface area contributed by atoms with Crippen molar-refractivity contribution in [1.82, 2.24) is 10.6 Å². The highest BCUT2D eigenvalue weighted by Crippen LogP contribution is 2.16. The van der Waals surface area contributed by atoms with Gasteiger partial charge in [0.2, 0.25) is 0 Å². The summed E-state index contributed by atoms with van der Waals surface area (Å²) in [6.07, 6.45) is 1.09. The van der Waals surface area contributed by atoms with E-state index in [-0.39, 0.29) is 0 Å². The molecule has 2 nitrogen and oxygen atoms in total. The molecule has 2 N–H and O–H groups in total. The molecule has 0 saturated heterocycles. The van der Waals surface area contributed by atoms with Crippen molar-refractivity contribution >= 4 is 28.7 Å². The second kappa shape index (κ2) is 5.98. The average Bonchev–Trinajstić information content (AvgIpc) is 2.62. The Bertz CT molecular complexity index is 294. The van der Waals surface area contributed by atoms with Gasteiger partial charge in [-0.2, -0.15) is 0 Å². The van der Waals surface area contributed by atoms with Crippen molar-refractivity contribution < 1.29 is 0 Å². The minimum absolute atomic E-state index is 0.739. The van der Waals surface area contributed by atoms with Crippen LogP contribution in [0, 0.1) is 0 Å². The van der Waals surface area contributed by atoms with Crippen LogP contribution < -0.4 is 10.6 Å². The summed E-state index contributed by atoms with van der Waals surface area (Å²) in [4.78, 5) is 1.38. The maximum Gasteiger partial charge on any atom is 0.166 e. The third kappa shape index (κ3) is 3.27. The van der Waals surface area contributed by atoms with Gasteiger partial charge in [-0.25, -0.2) is 0 Å². The molecule has 1 heterocycles. The van der Waals surface area contributed by atoms with E-state index < -0.39 is 0 Å². The van der Waals surface area contributed by atoms with Gasteiger partial charge >= 0.3 is 0 Å². The first-order valence-electron chi connectivity index (χ1n) is 4.84. The van der Waals surface area contributed by atoms with Crippen molar-refractivity contribution in [2.75, 3.05) is 6.54 Å². The Hall–Kier alpha value is -0.610. The Labute approximate surface area is 94.7 Å². The van der Waals surface area contributed by atoms with Crippen molar-refractivity contribution in [2.24, 2.45) is 0 Å². The molecule has 0 amide bonds. The van der Waals surface area contributed by atoms with Crippen molar-refractivity contribution in [3.63, 3.8) is 0 Å². The number of hydrogen-bond acceptors (Lipinski definition) is 2. The summed E-state index contributed by atoms with van der Waals surface area (Å²) >= 11 is 6.87. The normalized spacial score (nSPS) is 9.86. The van der Waals surface area contributed by atoms with Crippen LogP contribution in [-0.4, -0.2) is 11.7 Å². The SMILES string of the molecule is CCNC(=S)NCc1sccc1CC. The van der Waals surface area contributed by atoms with Crippen molar-refractivity contribution in [3.05, 3.63) is 21.9 Å². The van der Waals surface area contributed by atoms with Crippen molar-refractivity contribution in [1.29, 1.82) is 0 Å². The molecule has 78 valence electrons. The van der Waals surface area contributed by atoms with Gasteiger partial charge in [0, 0.05) is 11.4 Å². The maximum absolute atomic E-state index is 5.09.